The van der Waals surface area contributed by atoms with E-state index in [0.29, 0.717) is 6.92 Å². The molecule has 0 amide bonds. The van der Waals surface area contributed by atoms with Crippen molar-refractivity contribution in [2.24, 2.45) is 5.14 Å². The number of halogens is 2. The van der Waals surface area contributed by atoms with Gasteiger partial charge in [0.2, 0.25) is 10.0 Å². The molecule has 0 spiro atoms. The highest BCUT2D eigenvalue weighted by atomic mass is 32.2. The normalized spacial score (nSPS) is 13.8. The summed E-state index contributed by atoms with van der Waals surface area (Å²) in [6.07, 6.45) is 0. The van der Waals surface area contributed by atoms with Crippen LogP contribution in [-0.4, -0.2) is 20.1 Å². The van der Waals surface area contributed by atoms with Crippen molar-refractivity contribution in [2.75, 3.05) is 5.75 Å². The molecule has 2 N–H and O–H groups in total. The lowest BCUT2D eigenvalue weighted by molar-refractivity contribution is 0.0474. The molecule has 0 heterocycles. The fraction of sp³-hybridized carbons (Fsp3) is 1.00. The van der Waals surface area contributed by atoms with Crippen LogP contribution in [0.3, 0.4) is 0 Å². The van der Waals surface area contributed by atoms with Crippen molar-refractivity contribution >= 4 is 10.0 Å². The van der Waals surface area contributed by atoms with Gasteiger partial charge in [-0.05, 0) is 0 Å². The number of sulfonamides is 1. The number of nitrogens with two attached hydrogens (primary N) is 1. The van der Waals surface area contributed by atoms with E-state index in [4.69, 9.17) is 0 Å². The third kappa shape index (κ3) is 7.77. The molecule has 0 radical (unpaired) electrons. The molecular formula is C3H7F2NO2S. The maximum atomic E-state index is 11.8. The fourth-order valence-corrected chi connectivity index (χ4v) is 1.06. The van der Waals surface area contributed by atoms with E-state index in [1.165, 1.54) is 0 Å². The van der Waals surface area contributed by atoms with Crippen molar-refractivity contribution in [3.63, 3.8) is 0 Å². The summed E-state index contributed by atoms with van der Waals surface area (Å²) < 4.78 is 43.4. The number of rotatable bonds is 2. The SMILES string of the molecule is CC(F)(F)CS(N)(=O)=O. The van der Waals surface area contributed by atoms with E-state index in [9.17, 15) is 17.2 Å². The molecule has 0 saturated carbocycles. The molecule has 9 heavy (non-hydrogen) atoms. The zero-order valence-electron chi connectivity index (χ0n) is 4.77. The third-order valence-electron chi connectivity index (χ3n) is 0.455. The van der Waals surface area contributed by atoms with Crippen LogP contribution in [0.2, 0.25) is 0 Å². The Balaban J connectivity index is 4.07. The first-order chi connectivity index (χ1) is 3.71. The number of alkyl halides is 2. The van der Waals surface area contributed by atoms with Crippen molar-refractivity contribution < 1.29 is 17.2 Å². The Hall–Kier alpha value is -0.230. The second-order valence-corrected chi connectivity index (χ2v) is 3.49. The topological polar surface area (TPSA) is 60.2 Å². The maximum absolute atomic E-state index is 11.8. The molecule has 0 unspecified atom stereocenters. The van der Waals surface area contributed by atoms with E-state index < -0.39 is 21.7 Å². The zero-order chi connectivity index (χ0) is 7.71. The highest BCUT2D eigenvalue weighted by Gasteiger charge is 2.27. The summed E-state index contributed by atoms with van der Waals surface area (Å²) in [5.74, 6) is -4.52. The first-order valence-electron chi connectivity index (χ1n) is 2.09. The molecule has 0 aliphatic carbocycles. The lowest BCUT2D eigenvalue weighted by Crippen LogP contribution is -2.29. The Morgan fingerprint density at radius 1 is 1.56 bits per heavy atom. The molecule has 6 heteroatoms. The molecular weight excluding hydrogens is 152 g/mol. The Morgan fingerprint density at radius 2 is 1.89 bits per heavy atom. The van der Waals surface area contributed by atoms with E-state index in [1.807, 2.05) is 0 Å². The van der Waals surface area contributed by atoms with Crippen LogP contribution in [0, 0.1) is 0 Å². The van der Waals surface area contributed by atoms with Crippen LogP contribution in [0.4, 0.5) is 8.78 Å². The molecule has 0 fully saturated rings. The van der Waals surface area contributed by atoms with Crippen molar-refractivity contribution in [2.45, 2.75) is 12.8 Å². The van der Waals surface area contributed by atoms with E-state index in [1.54, 1.807) is 0 Å². The first kappa shape index (κ1) is 8.77. The Bertz CT molecular complexity index is 180. The highest BCUT2D eigenvalue weighted by Crippen LogP contribution is 2.12. The van der Waals surface area contributed by atoms with Crippen LogP contribution < -0.4 is 5.14 Å². The minimum atomic E-state index is -4.03. The van der Waals surface area contributed by atoms with Crippen molar-refractivity contribution in [3.05, 3.63) is 0 Å². The standard InChI is InChI=1S/C3H7F2NO2S/c1-3(4,5)2-9(6,7)8/h2H2,1H3,(H2,6,7,8). The third-order valence-corrected chi connectivity index (χ3v) is 1.36. The smallest absolute Gasteiger partial charge is 0.229 e. The van der Waals surface area contributed by atoms with Crippen LogP contribution in [0.15, 0.2) is 0 Å². The summed E-state index contributed by atoms with van der Waals surface area (Å²) in [4.78, 5) is 0. The lowest BCUT2D eigenvalue weighted by Gasteiger charge is -2.05. The summed E-state index contributed by atoms with van der Waals surface area (Å²) in [6.45, 7) is 0.497. The molecule has 56 valence electrons. The van der Waals surface area contributed by atoms with Crippen molar-refractivity contribution in [1.82, 2.24) is 0 Å². The lowest BCUT2D eigenvalue weighted by atomic mass is 10.5. The Morgan fingerprint density at radius 3 is 1.89 bits per heavy atom. The summed E-state index contributed by atoms with van der Waals surface area (Å²) in [6, 6.07) is 0. The van der Waals surface area contributed by atoms with Gasteiger partial charge in [-0.2, -0.15) is 0 Å². The predicted octanol–water partition coefficient (Wildman–Crippen LogP) is -0.0699. The van der Waals surface area contributed by atoms with Gasteiger partial charge in [0, 0.05) is 6.92 Å². The maximum Gasteiger partial charge on any atom is 0.260 e. The Labute approximate surface area is 51.9 Å². The van der Waals surface area contributed by atoms with Gasteiger partial charge in [0.1, 0.15) is 5.75 Å². The number of primary sulfonamides is 1. The van der Waals surface area contributed by atoms with Crippen LogP contribution >= 0.6 is 0 Å². The molecule has 0 aliphatic heterocycles. The zero-order valence-corrected chi connectivity index (χ0v) is 5.58. The van der Waals surface area contributed by atoms with E-state index in [0.717, 1.165) is 0 Å². The average Bonchev–Trinajstić information content (AvgIpc) is 1.14. The Kier molecular flexibility index (Phi) is 2.13. The van der Waals surface area contributed by atoms with Crippen molar-refractivity contribution in [3.8, 4) is 0 Å². The van der Waals surface area contributed by atoms with Crippen LogP contribution in [0.1, 0.15) is 6.92 Å². The van der Waals surface area contributed by atoms with Crippen molar-refractivity contribution in [1.29, 1.82) is 0 Å². The minimum absolute atomic E-state index is 0.497. The monoisotopic (exact) mass is 159 g/mol. The highest BCUT2D eigenvalue weighted by molar-refractivity contribution is 7.89. The van der Waals surface area contributed by atoms with Gasteiger partial charge in [-0.25, -0.2) is 22.3 Å². The van der Waals surface area contributed by atoms with E-state index in [2.05, 4.69) is 5.14 Å². The van der Waals surface area contributed by atoms with Crippen LogP contribution in [-0.2, 0) is 10.0 Å². The number of hydrogen-bond donors (Lipinski definition) is 1. The second kappa shape index (κ2) is 2.18. The van der Waals surface area contributed by atoms with Gasteiger partial charge >= 0.3 is 0 Å². The largest absolute Gasteiger partial charge is 0.260 e. The summed E-state index contributed by atoms with van der Waals surface area (Å²) in [7, 11) is -4.03. The van der Waals surface area contributed by atoms with Gasteiger partial charge in [-0.3, -0.25) is 0 Å². The molecule has 0 bridgehead atoms. The summed E-state index contributed by atoms with van der Waals surface area (Å²) >= 11 is 0. The molecule has 0 rings (SSSR count). The van der Waals surface area contributed by atoms with Gasteiger partial charge in [0.25, 0.3) is 5.92 Å². The molecule has 0 aromatic rings. The van der Waals surface area contributed by atoms with Gasteiger partial charge < -0.3 is 0 Å². The number of hydrogen-bond acceptors (Lipinski definition) is 2. The predicted molar refractivity (Wildman–Crippen MR) is 28.6 cm³/mol. The van der Waals surface area contributed by atoms with Crippen LogP contribution in [0.5, 0.6) is 0 Å². The minimum Gasteiger partial charge on any atom is -0.229 e. The van der Waals surface area contributed by atoms with Gasteiger partial charge in [-0.1, -0.05) is 0 Å². The van der Waals surface area contributed by atoms with Gasteiger partial charge in [0.15, 0.2) is 0 Å². The van der Waals surface area contributed by atoms with Gasteiger partial charge in [-0.15, -0.1) is 0 Å². The fourth-order valence-electron chi connectivity index (χ4n) is 0.353. The summed E-state index contributed by atoms with van der Waals surface area (Å²) in [5.41, 5.74) is 0. The molecule has 0 saturated heterocycles. The molecule has 0 aromatic carbocycles. The molecule has 0 aliphatic rings. The first-order valence-corrected chi connectivity index (χ1v) is 3.80. The van der Waals surface area contributed by atoms with E-state index in [-0.39, 0.29) is 0 Å². The molecule has 3 nitrogen and oxygen atoms in total. The van der Waals surface area contributed by atoms with Gasteiger partial charge in [0.05, 0.1) is 0 Å². The van der Waals surface area contributed by atoms with E-state index >= 15 is 0 Å². The molecule has 0 atom stereocenters. The second-order valence-electron chi connectivity index (χ2n) is 1.88. The quantitative estimate of drug-likeness (QED) is 0.613. The van der Waals surface area contributed by atoms with Crippen LogP contribution in [0.25, 0.3) is 0 Å². The molecule has 0 aromatic heterocycles. The average molecular weight is 159 g/mol. The summed E-state index contributed by atoms with van der Waals surface area (Å²) in [5, 5.41) is 4.31.